The summed E-state index contributed by atoms with van der Waals surface area (Å²) in [5.74, 6) is -1.52. The minimum atomic E-state index is -1.03. The van der Waals surface area contributed by atoms with Crippen LogP contribution in [0.4, 0.5) is 0 Å². The summed E-state index contributed by atoms with van der Waals surface area (Å²) >= 11 is 0. The molecule has 0 aliphatic carbocycles. The first-order valence-corrected chi connectivity index (χ1v) is 6.40. The molecule has 0 aromatic heterocycles. The van der Waals surface area contributed by atoms with Crippen molar-refractivity contribution < 1.29 is 24.5 Å². The van der Waals surface area contributed by atoms with Crippen molar-refractivity contribution in [3.05, 3.63) is 35.9 Å². The minimum absolute atomic E-state index is 0.124. The number of aliphatic hydroxyl groups excluding tert-OH is 1. The lowest BCUT2D eigenvalue weighted by Crippen LogP contribution is -2.39. The Morgan fingerprint density at radius 3 is 2.65 bits per heavy atom. The summed E-state index contributed by atoms with van der Waals surface area (Å²) in [6.07, 6.45) is -0.570. The SMILES string of the molecule is O=C(CN1C[C@@H](O)C[C@@H]1C(=O)O)OCc1ccccc1. The van der Waals surface area contributed by atoms with E-state index in [0.717, 1.165) is 5.56 Å². The first-order valence-electron chi connectivity index (χ1n) is 6.40. The Bertz CT molecular complexity index is 476. The molecular formula is C14H17NO5. The summed E-state index contributed by atoms with van der Waals surface area (Å²) in [7, 11) is 0. The predicted molar refractivity (Wildman–Crippen MR) is 69.9 cm³/mol. The number of aliphatic carboxylic acids is 1. The van der Waals surface area contributed by atoms with Crippen molar-refractivity contribution in [2.45, 2.75) is 25.2 Å². The fourth-order valence-electron chi connectivity index (χ4n) is 2.26. The number of esters is 1. The lowest BCUT2D eigenvalue weighted by Gasteiger charge is -2.19. The molecule has 2 rings (SSSR count). The molecule has 2 N–H and O–H groups in total. The summed E-state index contributed by atoms with van der Waals surface area (Å²) in [4.78, 5) is 24.2. The number of hydrogen-bond acceptors (Lipinski definition) is 5. The average molecular weight is 279 g/mol. The molecule has 20 heavy (non-hydrogen) atoms. The van der Waals surface area contributed by atoms with E-state index in [1.165, 1.54) is 4.90 Å². The van der Waals surface area contributed by atoms with Gasteiger partial charge >= 0.3 is 11.9 Å². The van der Waals surface area contributed by atoms with Crippen LogP contribution in [0.15, 0.2) is 30.3 Å². The second kappa shape index (κ2) is 6.49. The minimum Gasteiger partial charge on any atom is -0.480 e. The molecule has 2 atom stereocenters. The molecule has 1 aliphatic heterocycles. The lowest BCUT2D eigenvalue weighted by atomic mass is 10.2. The highest BCUT2D eigenvalue weighted by atomic mass is 16.5. The van der Waals surface area contributed by atoms with E-state index < -0.39 is 24.1 Å². The topological polar surface area (TPSA) is 87.1 Å². The molecule has 1 saturated heterocycles. The van der Waals surface area contributed by atoms with E-state index in [1.54, 1.807) is 0 Å². The molecule has 0 amide bonds. The Kier molecular flexibility index (Phi) is 4.70. The van der Waals surface area contributed by atoms with Gasteiger partial charge in [0.2, 0.25) is 0 Å². The molecule has 1 aromatic rings. The second-order valence-electron chi connectivity index (χ2n) is 4.82. The number of carbonyl (C=O) groups excluding carboxylic acids is 1. The number of rotatable bonds is 5. The first kappa shape index (κ1) is 14.5. The van der Waals surface area contributed by atoms with Gasteiger partial charge in [-0.25, -0.2) is 0 Å². The number of aliphatic hydroxyl groups is 1. The number of ether oxygens (including phenoxy) is 1. The molecule has 1 aliphatic rings. The summed E-state index contributed by atoms with van der Waals surface area (Å²) in [6.45, 7) is 0.214. The maximum absolute atomic E-state index is 11.7. The highest BCUT2D eigenvalue weighted by molar-refractivity contribution is 5.76. The number of carboxylic acid groups (broad SMARTS) is 1. The van der Waals surface area contributed by atoms with Crippen LogP contribution in [-0.4, -0.2) is 52.3 Å². The molecule has 0 bridgehead atoms. The third-order valence-corrected chi connectivity index (χ3v) is 3.24. The quantitative estimate of drug-likeness (QED) is 0.751. The number of likely N-dealkylation sites (tertiary alicyclic amines) is 1. The monoisotopic (exact) mass is 279 g/mol. The molecule has 6 heteroatoms. The normalized spacial score (nSPS) is 22.6. The van der Waals surface area contributed by atoms with E-state index in [1.807, 2.05) is 30.3 Å². The van der Waals surface area contributed by atoms with Gasteiger partial charge in [0, 0.05) is 13.0 Å². The predicted octanol–water partition coefficient (Wildman–Crippen LogP) is 0.250. The molecule has 0 radical (unpaired) electrons. The van der Waals surface area contributed by atoms with Gasteiger partial charge in [0.1, 0.15) is 12.6 Å². The van der Waals surface area contributed by atoms with Crippen LogP contribution in [0.25, 0.3) is 0 Å². The molecule has 0 saturated carbocycles. The summed E-state index contributed by atoms with van der Waals surface area (Å²) in [6, 6.07) is 8.42. The van der Waals surface area contributed by atoms with Gasteiger partial charge in [-0.1, -0.05) is 30.3 Å². The Labute approximate surface area is 116 Å². The Morgan fingerprint density at radius 2 is 2.00 bits per heavy atom. The van der Waals surface area contributed by atoms with Crippen molar-refractivity contribution in [3.63, 3.8) is 0 Å². The zero-order valence-electron chi connectivity index (χ0n) is 10.9. The van der Waals surface area contributed by atoms with Crippen LogP contribution < -0.4 is 0 Å². The van der Waals surface area contributed by atoms with E-state index in [0.29, 0.717) is 0 Å². The fraction of sp³-hybridized carbons (Fsp3) is 0.429. The molecule has 0 spiro atoms. The van der Waals surface area contributed by atoms with Crippen LogP contribution >= 0.6 is 0 Å². The maximum atomic E-state index is 11.7. The summed E-state index contributed by atoms with van der Waals surface area (Å²) < 4.78 is 5.10. The summed E-state index contributed by atoms with van der Waals surface area (Å²) in [5.41, 5.74) is 0.872. The van der Waals surface area contributed by atoms with Crippen LogP contribution in [0.2, 0.25) is 0 Å². The zero-order chi connectivity index (χ0) is 14.5. The van der Waals surface area contributed by atoms with Crippen molar-refractivity contribution >= 4 is 11.9 Å². The van der Waals surface area contributed by atoms with Crippen LogP contribution in [0, 0.1) is 0 Å². The van der Waals surface area contributed by atoms with Crippen LogP contribution in [-0.2, 0) is 20.9 Å². The van der Waals surface area contributed by atoms with E-state index in [2.05, 4.69) is 0 Å². The number of carbonyl (C=O) groups is 2. The largest absolute Gasteiger partial charge is 0.480 e. The Morgan fingerprint density at radius 1 is 1.30 bits per heavy atom. The molecular weight excluding hydrogens is 262 g/mol. The molecule has 0 unspecified atom stereocenters. The maximum Gasteiger partial charge on any atom is 0.321 e. The van der Waals surface area contributed by atoms with Gasteiger partial charge in [0.25, 0.3) is 0 Å². The van der Waals surface area contributed by atoms with Crippen molar-refractivity contribution in [2.24, 2.45) is 0 Å². The number of nitrogens with zero attached hydrogens (tertiary/aromatic N) is 1. The zero-order valence-corrected chi connectivity index (χ0v) is 10.9. The van der Waals surface area contributed by atoms with E-state index in [9.17, 15) is 14.7 Å². The Hall–Kier alpha value is -1.92. The average Bonchev–Trinajstić information content (AvgIpc) is 2.79. The van der Waals surface area contributed by atoms with Crippen molar-refractivity contribution in [3.8, 4) is 0 Å². The number of β-amino-alcohol motifs (C(OH)–C–C–N with tert-alkyl or cyclic N) is 1. The van der Waals surface area contributed by atoms with E-state index in [-0.39, 0.29) is 26.1 Å². The fourth-order valence-corrected chi connectivity index (χ4v) is 2.26. The number of benzene rings is 1. The molecule has 1 heterocycles. The van der Waals surface area contributed by atoms with Gasteiger partial charge in [-0.3, -0.25) is 14.5 Å². The molecule has 6 nitrogen and oxygen atoms in total. The standard InChI is InChI=1S/C14H17NO5/c16-11-6-12(14(18)19)15(7-11)8-13(17)20-9-10-4-2-1-3-5-10/h1-5,11-12,16H,6-9H2,(H,18,19)/t11-,12+/m0/s1. The van der Waals surface area contributed by atoms with Gasteiger partial charge in [-0.2, -0.15) is 0 Å². The summed E-state index contributed by atoms with van der Waals surface area (Å²) in [5, 5.41) is 18.5. The molecule has 108 valence electrons. The van der Waals surface area contributed by atoms with E-state index in [4.69, 9.17) is 9.84 Å². The van der Waals surface area contributed by atoms with Gasteiger partial charge in [0.05, 0.1) is 12.6 Å². The first-order chi connectivity index (χ1) is 9.56. The highest BCUT2D eigenvalue weighted by Crippen LogP contribution is 2.17. The third kappa shape index (κ3) is 3.79. The van der Waals surface area contributed by atoms with Gasteiger partial charge in [-0.05, 0) is 5.56 Å². The van der Waals surface area contributed by atoms with E-state index >= 15 is 0 Å². The van der Waals surface area contributed by atoms with Crippen LogP contribution in [0.1, 0.15) is 12.0 Å². The van der Waals surface area contributed by atoms with Crippen LogP contribution in [0.3, 0.4) is 0 Å². The number of carboxylic acids is 1. The van der Waals surface area contributed by atoms with Gasteiger partial charge in [-0.15, -0.1) is 0 Å². The van der Waals surface area contributed by atoms with Gasteiger partial charge < -0.3 is 14.9 Å². The van der Waals surface area contributed by atoms with Crippen LogP contribution in [0.5, 0.6) is 0 Å². The second-order valence-corrected chi connectivity index (χ2v) is 4.82. The van der Waals surface area contributed by atoms with Gasteiger partial charge in [0.15, 0.2) is 0 Å². The van der Waals surface area contributed by atoms with Crippen molar-refractivity contribution in [1.82, 2.24) is 4.90 Å². The van der Waals surface area contributed by atoms with Crippen molar-refractivity contribution in [1.29, 1.82) is 0 Å². The van der Waals surface area contributed by atoms with Crippen molar-refractivity contribution in [2.75, 3.05) is 13.1 Å². The lowest BCUT2D eigenvalue weighted by molar-refractivity contribution is -0.149. The number of hydrogen-bond donors (Lipinski definition) is 2. The third-order valence-electron chi connectivity index (χ3n) is 3.24. The smallest absolute Gasteiger partial charge is 0.321 e. The molecule has 1 fully saturated rings. The Balaban J connectivity index is 1.83. The highest BCUT2D eigenvalue weighted by Gasteiger charge is 2.37. The molecule has 1 aromatic carbocycles.